The first kappa shape index (κ1) is 18.0. The molecule has 0 spiro atoms. The molecule has 0 amide bonds. The van der Waals surface area contributed by atoms with Crippen molar-refractivity contribution >= 4 is 14.2 Å². The summed E-state index contributed by atoms with van der Waals surface area (Å²) < 4.78 is 0. The van der Waals surface area contributed by atoms with Gasteiger partial charge in [-0.2, -0.15) is 0 Å². The molecule has 18 heavy (non-hydrogen) atoms. The Bertz CT molecular complexity index is 150. The summed E-state index contributed by atoms with van der Waals surface area (Å²) >= 11 is 0. The lowest BCUT2D eigenvalue weighted by Crippen LogP contribution is -2.09. The van der Waals surface area contributed by atoms with Crippen molar-refractivity contribution in [3.05, 3.63) is 0 Å². The van der Waals surface area contributed by atoms with E-state index in [0.29, 0.717) is 12.6 Å². The lowest BCUT2D eigenvalue weighted by atomic mass is 9.83. The van der Waals surface area contributed by atoms with Gasteiger partial charge in [-0.05, 0) is 12.6 Å². The highest BCUT2D eigenvalue weighted by atomic mass is 16.4. The van der Waals surface area contributed by atoms with Crippen LogP contribution < -0.4 is 0 Å². The minimum Gasteiger partial charge on any atom is -0.427 e. The smallest absolute Gasteiger partial charge is 0.427 e. The van der Waals surface area contributed by atoms with E-state index in [4.69, 9.17) is 20.1 Å². The monoisotopic (exact) mass is 258 g/mol. The summed E-state index contributed by atoms with van der Waals surface area (Å²) in [6.45, 7) is 0. The van der Waals surface area contributed by atoms with Crippen molar-refractivity contribution < 1.29 is 20.1 Å². The van der Waals surface area contributed by atoms with E-state index in [1.165, 1.54) is 38.5 Å². The fraction of sp³-hybridized carbons (Fsp3) is 1.00. The molecule has 6 heteroatoms. The van der Waals surface area contributed by atoms with Crippen LogP contribution in [0.25, 0.3) is 0 Å². The Labute approximate surface area is 112 Å². The minimum absolute atomic E-state index is 0.497. The van der Waals surface area contributed by atoms with E-state index in [2.05, 4.69) is 0 Å². The number of rotatable bonds is 13. The van der Waals surface area contributed by atoms with Crippen molar-refractivity contribution in [1.82, 2.24) is 0 Å². The second-order valence-corrected chi connectivity index (χ2v) is 5.07. The van der Waals surface area contributed by atoms with Gasteiger partial charge in [0.1, 0.15) is 0 Å². The fourth-order valence-corrected chi connectivity index (χ4v) is 2.07. The highest BCUT2D eigenvalue weighted by molar-refractivity contribution is 6.41. The Morgan fingerprint density at radius 2 is 0.611 bits per heavy atom. The average molecular weight is 258 g/mol. The normalized spacial score (nSPS) is 10.7. The Kier molecular flexibility index (Phi) is 13.4. The van der Waals surface area contributed by atoms with Crippen LogP contribution >= 0.6 is 0 Å². The van der Waals surface area contributed by atoms with Gasteiger partial charge in [-0.1, -0.05) is 64.2 Å². The molecule has 0 aromatic carbocycles. The first-order valence-corrected chi connectivity index (χ1v) is 7.35. The molecule has 0 aliphatic heterocycles. The predicted molar refractivity (Wildman–Crippen MR) is 76.2 cm³/mol. The van der Waals surface area contributed by atoms with Crippen molar-refractivity contribution in [2.75, 3.05) is 0 Å². The Balaban J connectivity index is 2.95. The maximum atomic E-state index is 8.65. The zero-order chi connectivity index (χ0) is 13.6. The molecule has 4 N–H and O–H groups in total. The number of hydrogen-bond acceptors (Lipinski definition) is 4. The molecule has 0 aliphatic rings. The van der Waals surface area contributed by atoms with E-state index in [-0.39, 0.29) is 0 Å². The second kappa shape index (κ2) is 13.4. The molecular formula is C12H28B2O4. The van der Waals surface area contributed by atoms with Gasteiger partial charge in [0, 0.05) is 0 Å². The molecular weight excluding hydrogens is 230 g/mol. The summed E-state index contributed by atoms with van der Waals surface area (Å²) in [6.07, 6.45) is 12.3. The van der Waals surface area contributed by atoms with E-state index in [0.717, 1.165) is 25.7 Å². The SMILES string of the molecule is OB(O)CCCCCCCCCCCCB(O)O. The predicted octanol–water partition coefficient (Wildman–Crippen LogP) is 1.83. The van der Waals surface area contributed by atoms with Crippen LogP contribution in [0.2, 0.25) is 12.6 Å². The summed E-state index contributed by atoms with van der Waals surface area (Å²) in [7, 11) is -2.27. The van der Waals surface area contributed by atoms with Crippen LogP contribution in [0.4, 0.5) is 0 Å². The summed E-state index contributed by atoms with van der Waals surface area (Å²) in [5.41, 5.74) is 0. The molecule has 0 radical (unpaired) electrons. The topological polar surface area (TPSA) is 80.9 Å². The van der Waals surface area contributed by atoms with E-state index in [9.17, 15) is 0 Å². The quantitative estimate of drug-likeness (QED) is 0.300. The molecule has 0 aromatic heterocycles. The summed E-state index contributed by atoms with van der Waals surface area (Å²) in [6, 6.07) is 0. The average Bonchev–Trinajstić information content (AvgIpc) is 2.29. The van der Waals surface area contributed by atoms with Gasteiger partial charge >= 0.3 is 14.2 Å². The van der Waals surface area contributed by atoms with Crippen molar-refractivity contribution in [1.29, 1.82) is 0 Å². The third-order valence-electron chi connectivity index (χ3n) is 3.17. The summed E-state index contributed by atoms with van der Waals surface area (Å²) in [4.78, 5) is 0. The first-order valence-electron chi connectivity index (χ1n) is 7.35. The maximum absolute atomic E-state index is 8.65. The number of unbranched alkanes of at least 4 members (excludes halogenated alkanes) is 9. The third-order valence-corrected chi connectivity index (χ3v) is 3.17. The van der Waals surface area contributed by atoms with Crippen LogP contribution in [-0.4, -0.2) is 34.3 Å². The summed E-state index contributed by atoms with van der Waals surface area (Å²) in [5.74, 6) is 0. The van der Waals surface area contributed by atoms with E-state index < -0.39 is 14.2 Å². The zero-order valence-corrected chi connectivity index (χ0v) is 11.4. The van der Waals surface area contributed by atoms with Gasteiger partial charge in [0.05, 0.1) is 0 Å². The molecule has 0 fully saturated rings. The van der Waals surface area contributed by atoms with E-state index >= 15 is 0 Å². The van der Waals surface area contributed by atoms with Crippen molar-refractivity contribution in [2.45, 2.75) is 76.8 Å². The molecule has 0 unspecified atom stereocenters. The maximum Gasteiger partial charge on any atom is 0.451 e. The third kappa shape index (κ3) is 16.0. The molecule has 0 aliphatic carbocycles. The Morgan fingerprint density at radius 3 is 0.833 bits per heavy atom. The van der Waals surface area contributed by atoms with Gasteiger partial charge in [-0.15, -0.1) is 0 Å². The molecule has 106 valence electrons. The van der Waals surface area contributed by atoms with Crippen LogP contribution in [0, 0.1) is 0 Å². The van der Waals surface area contributed by atoms with Crippen LogP contribution in [0.1, 0.15) is 64.2 Å². The minimum atomic E-state index is -1.14. The second-order valence-electron chi connectivity index (χ2n) is 5.07. The Hall–Kier alpha value is -0.0301. The van der Waals surface area contributed by atoms with Crippen LogP contribution in [-0.2, 0) is 0 Å². The lowest BCUT2D eigenvalue weighted by Gasteiger charge is -2.03. The van der Waals surface area contributed by atoms with Gasteiger partial charge in [0.2, 0.25) is 0 Å². The van der Waals surface area contributed by atoms with Crippen molar-refractivity contribution in [3.8, 4) is 0 Å². The standard InChI is InChI=1S/C12H28B2O4/c15-13(16)11-9-7-5-3-1-2-4-6-8-10-12-14(17)18/h15-18H,1-12H2. The zero-order valence-electron chi connectivity index (χ0n) is 11.4. The highest BCUT2D eigenvalue weighted by Gasteiger charge is 2.05. The van der Waals surface area contributed by atoms with Gasteiger partial charge < -0.3 is 20.1 Å². The molecule has 0 rings (SSSR count). The van der Waals surface area contributed by atoms with Gasteiger partial charge in [-0.3, -0.25) is 0 Å². The van der Waals surface area contributed by atoms with E-state index in [1.54, 1.807) is 0 Å². The molecule has 0 atom stereocenters. The van der Waals surface area contributed by atoms with Crippen molar-refractivity contribution in [2.24, 2.45) is 0 Å². The molecule has 0 saturated carbocycles. The molecule has 0 heterocycles. The van der Waals surface area contributed by atoms with E-state index in [1.807, 2.05) is 0 Å². The van der Waals surface area contributed by atoms with Crippen molar-refractivity contribution in [3.63, 3.8) is 0 Å². The highest BCUT2D eigenvalue weighted by Crippen LogP contribution is 2.12. The lowest BCUT2D eigenvalue weighted by molar-refractivity contribution is 0.399. The Morgan fingerprint density at radius 1 is 0.389 bits per heavy atom. The molecule has 0 bridgehead atoms. The molecule has 0 saturated heterocycles. The molecule has 0 aromatic rings. The van der Waals surface area contributed by atoms with Gasteiger partial charge in [-0.25, -0.2) is 0 Å². The van der Waals surface area contributed by atoms with Gasteiger partial charge in [0.25, 0.3) is 0 Å². The fourth-order valence-electron chi connectivity index (χ4n) is 2.07. The number of hydrogen-bond donors (Lipinski definition) is 4. The molecule has 4 nitrogen and oxygen atoms in total. The van der Waals surface area contributed by atoms with Crippen LogP contribution in [0.5, 0.6) is 0 Å². The van der Waals surface area contributed by atoms with Gasteiger partial charge in [0.15, 0.2) is 0 Å². The largest absolute Gasteiger partial charge is 0.451 e. The first-order chi connectivity index (χ1) is 8.63. The summed E-state index contributed by atoms with van der Waals surface area (Å²) in [5, 5.41) is 34.6. The van der Waals surface area contributed by atoms with Crippen LogP contribution in [0.3, 0.4) is 0 Å². The van der Waals surface area contributed by atoms with Crippen LogP contribution in [0.15, 0.2) is 0 Å².